The standard InChI is InChI=1S/C16H18O4S2/c1-12(15-4-3-10-21-15)22(18,19)11-9-13-5-7-14(8-6-13)16(17)20-2/h3-8,10,12H,9,11H2,1-2H3/t12-/m1/s1. The van der Waals surface area contributed by atoms with Gasteiger partial charge in [-0.05, 0) is 42.5 Å². The summed E-state index contributed by atoms with van der Waals surface area (Å²) in [4.78, 5) is 12.2. The number of thiophene rings is 1. The van der Waals surface area contributed by atoms with E-state index in [1.165, 1.54) is 18.4 Å². The lowest BCUT2D eigenvalue weighted by atomic mass is 10.1. The topological polar surface area (TPSA) is 60.4 Å². The summed E-state index contributed by atoms with van der Waals surface area (Å²) in [7, 11) is -1.87. The smallest absolute Gasteiger partial charge is 0.337 e. The molecule has 0 unspecified atom stereocenters. The number of aryl methyl sites for hydroxylation is 1. The van der Waals surface area contributed by atoms with Crippen molar-refractivity contribution in [3.63, 3.8) is 0 Å². The van der Waals surface area contributed by atoms with Crippen LogP contribution >= 0.6 is 11.3 Å². The number of methoxy groups -OCH3 is 1. The van der Waals surface area contributed by atoms with Gasteiger partial charge < -0.3 is 4.74 Å². The van der Waals surface area contributed by atoms with Crippen LogP contribution in [0.3, 0.4) is 0 Å². The summed E-state index contributed by atoms with van der Waals surface area (Å²) in [6, 6.07) is 10.5. The highest BCUT2D eigenvalue weighted by molar-refractivity contribution is 7.91. The minimum atomic E-state index is -3.19. The third kappa shape index (κ3) is 3.96. The molecule has 0 saturated heterocycles. The van der Waals surface area contributed by atoms with Crippen LogP contribution in [0, 0.1) is 0 Å². The number of carbonyl (C=O) groups is 1. The molecule has 22 heavy (non-hydrogen) atoms. The summed E-state index contributed by atoms with van der Waals surface area (Å²) in [5, 5.41) is 1.40. The molecule has 0 aliphatic heterocycles. The fourth-order valence-corrected chi connectivity index (χ4v) is 4.64. The number of sulfone groups is 1. The zero-order chi connectivity index (χ0) is 16.2. The van der Waals surface area contributed by atoms with Crippen LogP contribution in [0.1, 0.15) is 33.0 Å². The number of hydrogen-bond acceptors (Lipinski definition) is 5. The molecule has 1 aromatic heterocycles. The van der Waals surface area contributed by atoms with Gasteiger partial charge in [-0.15, -0.1) is 11.3 Å². The van der Waals surface area contributed by atoms with Gasteiger partial charge in [0.2, 0.25) is 0 Å². The van der Waals surface area contributed by atoms with Crippen molar-refractivity contribution >= 4 is 27.1 Å². The van der Waals surface area contributed by atoms with E-state index in [9.17, 15) is 13.2 Å². The van der Waals surface area contributed by atoms with E-state index in [0.29, 0.717) is 12.0 Å². The highest BCUT2D eigenvalue weighted by Crippen LogP contribution is 2.27. The van der Waals surface area contributed by atoms with Gasteiger partial charge in [-0.1, -0.05) is 18.2 Å². The predicted molar refractivity (Wildman–Crippen MR) is 88.0 cm³/mol. The lowest BCUT2D eigenvalue weighted by molar-refractivity contribution is 0.0600. The van der Waals surface area contributed by atoms with Crippen molar-refractivity contribution in [3.05, 3.63) is 57.8 Å². The van der Waals surface area contributed by atoms with Crippen LogP contribution in [0.15, 0.2) is 41.8 Å². The Morgan fingerprint density at radius 2 is 1.91 bits per heavy atom. The second kappa shape index (κ2) is 7.07. The molecular formula is C16H18O4S2. The van der Waals surface area contributed by atoms with Crippen LogP contribution in [-0.4, -0.2) is 27.2 Å². The molecule has 0 aliphatic rings. The van der Waals surface area contributed by atoms with Gasteiger partial charge in [-0.2, -0.15) is 0 Å². The Hall–Kier alpha value is -1.66. The molecule has 4 nitrogen and oxygen atoms in total. The van der Waals surface area contributed by atoms with Crippen molar-refractivity contribution in [1.29, 1.82) is 0 Å². The van der Waals surface area contributed by atoms with E-state index in [4.69, 9.17) is 0 Å². The third-order valence-corrected chi connectivity index (χ3v) is 6.84. The van der Waals surface area contributed by atoms with Gasteiger partial charge in [0.05, 0.1) is 23.7 Å². The van der Waals surface area contributed by atoms with E-state index in [1.54, 1.807) is 31.2 Å². The fraction of sp³-hybridized carbons (Fsp3) is 0.312. The average molecular weight is 338 g/mol. The van der Waals surface area contributed by atoms with Gasteiger partial charge in [-0.3, -0.25) is 0 Å². The molecule has 0 bridgehead atoms. The van der Waals surface area contributed by atoms with E-state index < -0.39 is 21.1 Å². The van der Waals surface area contributed by atoms with Crippen LogP contribution < -0.4 is 0 Å². The van der Waals surface area contributed by atoms with Crippen molar-refractivity contribution in [2.24, 2.45) is 0 Å². The van der Waals surface area contributed by atoms with Crippen LogP contribution in [0.2, 0.25) is 0 Å². The molecule has 2 aromatic rings. The molecule has 2 rings (SSSR count). The minimum absolute atomic E-state index is 0.0869. The van der Waals surface area contributed by atoms with E-state index in [2.05, 4.69) is 4.74 Å². The van der Waals surface area contributed by atoms with E-state index in [-0.39, 0.29) is 5.75 Å². The Labute approximate surface area is 134 Å². The van der Waals surface area contributed by atoms with Gasteiger partial charge in [0, 0.05) is 4.88 Å². The average Bonchev–Trinajstić information content (AvgIpc) is 3.06. The van der Waals surface area contributed by atoms with Gasteiger partial charge in [0.25, 0.3) is 0 Å². The maximum atomic E-state index is 12.4. The number of hydrogen-bond donors (Lipinski definition) is 0. The summed E-state index contributed by atoms with van der Waals surface area (Å²) in [5.74, 6) is -0.311. The largest absolute Gasteiger partial charge is 0.465 e. The van der Waals surface area contributed by atoms with Crippen LogP contribution in [-0.2, 0) is 21.0 Å². The van der Waals surface area contributed by atoms with Crippen molar-refractivity contribution in [2.45, 2.75) is 18.6 Å². The molecule has 0 fully saturated rings. The Bertz CT molecular complexity index is 716. The van der Waals surface area contributed by atoms with Gasteiger partial charge in [-0.25, -0.2) is 13.2 Å². The highest BCUT2D eigenvalue weighted by atomic mass is 32.2. The zero-order valence-corrected chi connectivity index (χ0v) is 14.1. The van der Waals surface area contributed by atoms with Gasteiger partial charge in [0.1, 0.15) is 0 Å². The lowest BCUT2D eigenvalue weighted by Crippen LogP contribution is -2.15. The summed E-state index contributed by atoms with van der Waals surface area (Å²) < 4.78 is 29.3. The second-order valence-electron chi connectivity index (χ2n) is 4.96. The quantitative estimate of drug-likeness (QED) is 0.759. The Kier molecular flexibility index (Phi) is 5.37. The Morgan fingerprint density at radius 1 is 1.23 bits per heavy atom. The lowest BCUT2D eigenvalue weighted by Gasteiger charge is -2.11. The normalized spacial score (nSPS) is 12.8. The maximum Gasteiger partial charge on any atom is 0.337 e. The summed E-state index contributed by atoms with van der Waals surface area (Å²) >= 11 is 1.46. The molecule has 118 valence electrons. The van der Waals surface area contributed by atoms with E-state index in [0.717, 1.165) is 10.4 Å². The molecule has 1 aromatic carbocycles. The van der Waals surface area contributed by atoms with Crippen molar-refractivity contribution in [3.8, 4) is 0 Å². The number of benzene rings is 1. The summed E-state index contributed by atoms with van der Waals surface area (Å²) in [6.45, 7) is 1.72. The Balaban J connectivity index is 2.01. The maximum absolute atomic E-state index is 12.4. The molecule has 0 spiro atoms. The predicted octanol–water partition coefficient (Wildman–Crippen LogP) is 3.25. The third-order valence-electron chi connectivity index (χ3n) is 3.53. The monoisotopic (exact) mass is 338 g/mol. The number of esters is 1. The minimum Gasteiger partial charge on any atom is -0.465 e. The number of ether oxygens (including phenoxy) is 1. The first-order valence-corrected chi connectivity index (χ1v) is 9.46. The number of carbonyl (C=O) groups excluding carboxylic acids is 1. The van der Waals surface area contributed by atoms with Gasteiger partial charge >= 0.3 is 5.97 Å². The molecule has 1 atom stereocenters. The first-order chi connectivity index (χ1) is 10.4. The fourth-order valence-electron chi connectivity index (χ4n) is 2.06. The highest BCUT2D eigenvalue weighted by Gasteiger charge is 2.23. The molecule has 1 heterocycles. The van der Waals surface area contributed by atoms with Crippen molar-refractivity contribution < 1.29 is 17.9 Å². The molecule has 0 N–H and O–H groups in total. The molecule has 0 amide bonds. The van der Waals surface area contributed by atoms with Crippen molar-refractivity contribution in [2.75, 3.05) is 12.9 Å². The first-order valence-electron chi connectivity index (χ1n) is 6.86. The summed E-state index contributed by atoms with van der Waals surface area (Å²) in [6.07, 6.45) is 0.430. The van der Waals surface area contributed by atoms with Crippen LogP contribution in [0.4, 0.5) is 0 Å². The Morgan fingerprint density at radius 3 is 2.45 bits per heavy atom. The molecule has 0 saturated carbocycles. The second-order valence-corrected chi connectivity index (χ2v) is 8.38. The van der Waals surface area contributed by atoms with Gasteiger partial charge in [0.15, 0.2) is 9.84 Å². The SMILES string of the molecule is COC(=O)c1ccc(CCS(=O)(=O)[C@H](C)c2cccs2)cc1. The number of rotatable bonds is 6. The van der Waals surface area contributed by atoms with E-state index >= 15 is 0 Å². The molecular weight excluding hydrogens is 320 g/mol. The zero-order valence-electron chi connectivity index (χ0n) is 12.5. The van der Waals surface area contributed by atoms with Crippen molar-refractivity contribution in [1.82, 2.24) is 0 Å². The van der Waals surface area contributed by atoms with E-state index in [1.807, 2.05) is 17.5 Å². The van der Waals surface area contributed by atoms with Crippen LogP contribution in [0.5, 0.6) is 0 Å². The molecule has 6 heteroatoms. The molecule has 0 aliphatic carbocycles. The van der Waals surface area contributed by atoms with Crippen LogP contribution in [0.25, 0.3) is 0 Å². The molecule has 0 radical (unpaired) electrons. The first kappa shape index (κ1) is 16.7. The summed E-state index contributed by atoms with van der Waals surface area (Å²) in [5.41, 5.74) is 1.34.